The van der Waals surface area contributed by atoms with Crippen LogP contribution in [0.25, 0.3) is 44.2 Å². The Hall–Kier alpha value is -5.40. The van der Waals surface area contributed by atoms with Crippen molar-refractivity contribution in [1.29, 1.82) is 0 Å². The van der Waals surface area contributed by atoms with E-state index in [1.807, 2.05) is 0 Å². The Balaban J connectivity index is 1.39. The second-order valence-electron chi connectivity index (χ2n) is 14.6. The Labute approximate surface area is 285 Å². The fourth-order valence-electron chi connectivity index (χ4n) is 7.78. The Morgan fingerprint density at radius 3 is 1.81 bits per heavy atom. The van der Waals surface area contributed by atoms with Gasteiger partial charge in [0.2, 0.25) is 0 Å². The number of benzene rings is 7. The maximum Gasteiger partial charge on any atom is 0.0546 e. The fraction of sp³-hybridized carbons (Fsp3) is 0.149. The van der Waals surface area contributed by atoms with Gasteiger partial charge in [0.05, 0.1) is 5.69 Å². The number of para-hydroxylation sites is 1. The number of hydrogen-bond donors (Lipinski definition) is 0. The number of fused-ring (bicyclic) bond motifs is 4. The van der Waals surface area contributed by atoms with Crippen molar-refractivity contribution in [1.82, 2.24) is 0 Å². The minimum absolute atomic E-state index is 0.0169. The Morgan fingerprint density at radius 2 is 1.08 bits per heavy atom. The average molecular weight is 620 g/mol. The van der Waals surface area contributed by atoms with E-state index in [1.165, 1.54) is 66.5 Å². The maximum absolute atomic E-state index is 2.47. The molecule has 7 aromatic rings. The van der Waals surface area contributed by atoms with Crippen molar-refractivity contribution in [3.05, 3.63) is 174 Å². The van der Waals surface area contributed by atoms with Crippen LogP contribution in [0.2, 0.25) is 0 Å². The van der Waals surface area contributed by atoms with Crippen LogP contribution in [0.1, 0.15) is 51.3 Å². The standard InChI is InChI=1S/C47H41N/c1-46(2,3)41-25-15-14-23-38(41)40-29-33-19-12-13-20-34(33)30-44(40)48(35-21-10-7-11-22-35)36-27-28-39-43(31-36)47(4,5)42-26-16-24-37(45(39)42)32-17-8-6-9-18-32/h6-31H,1-5H3. The molecule has 1 aliphatic rings. The summed E-state index contributed by atoms with van der Waals surface area (Å²) < 4.78 is 0. The number of nitrogens with zero attached hydrogens (tertiary/aromatic N) is 1. The molecule has 0 atom stereocenters. The number of anilines is 3. The second kappa shape index (κ2) is 11.4. The summed E-state index contributed by atoms with van der Waals surface area (Å²) in [6.45, 7) is 11.7. The minimum atomic E-state index is -0.154. The largest absolute Gasteiger partial charge is 0.310 e. The van der Waals surface area contributed by atoms with E-state index in [1.54, 1.807) is 0 Å². The lowest BCUT2D eigenvalue weighted by molar-refractivity contribution is 0.592. The zero-order valence-corrected chi connectivity index (χ0v) is 28.5. The third kappa shape index (κ3) is 4.93. The van der Waals surface area contributed by atoms with E-state index < -0.39 is 0 Å². The van der Waals surface area contributed by atoms with Crippen molar-refractivity contribution in [2.75, 3.05) is 4.90 Å². The van der Waals surface area contributed by atoms with Crippen LogP contribution in [0.3, 0.4) is 0 Å². The Kier molecular flexibility index (Phi) is 7.11. The average Bonchev–Trinajstić information content (AvgIpc) is 3.34. The minimum Gasteiger partial charge on any atom is -0.310 e. The second-order valence-corrected chi connectivity index (χ2v) is 14.6. The summed E-state index contributed by atoms with van der Waals surface area (Å²) in [6, 6.07) is 58.1. The van der Waals surface area contributed by atoms with Crippen LogP contribution in [0.4, 0.5) is 17.1 Å². The van der Waals surface area contributed by atoms with Crippen molar-refractivity contribution >= 4 is 27.8 Å². The van der Waals surface area contributed by atoms with E-state index in [2.05, 4.69) is 197 Å². The Bertz CT molecular complexity index is 2290. The highest BCUT2D eigenvalue weighted by Gasteiger charge is 2.37. The van der Waals surface area contributed by atoms with E-state index in [9.17, 15) is 0 Å². The molecule has 0 N–H and O–H groups in total. The summed E-state index contributed by atoms with van der Waals surface area (Å²) in [6.07, 6.45) is 0. The van der Waals surface area contributed by atoms with Crippen molar-refractivity contribution < 1.29 is 0 Å². The molecule has 0 bridgehead atoms. The summed E-state index contributed by atoms with van der Waals surface area (Å²) in [5.41, 5.74) is 15.1. The molecule has 0 spiro atoms. The predicted octanol–water partition coefficient (Wildman–Crippen LogP) is 13.2. The number of rotatable bonds is 5. The molecule has 7 aromatic carbocycles. The van der Waals surface area contributed by atoms with Crippen LogP contribution in [0.15, 0.2) is 158 Å². The third-order valence-corrected chi connectivity index (χ3v) is 10.2. The van der Waals surface area contributed by atoms with Crippen LogP contribution in [-0.2, 0) is 10.8 Å². The first-order valence-corrected chi connectivity index (χ1v) is 17.0. The summed E-state index contributed by atoms with van der Waals surface area (Å²) in [7, 11) is 0. The molecule has 0 aromatic heterocycles. The zero-order valence-electron chi connectivity index (χ0n) is 28.5. The van der Waals surface area contributed by atoms with Gasteiger partial charge in [-0.3, -0.25) is 0 Å². The molecule has 0 aliphatic heterocycles. The van der Waals surface area contributed by atoms with Gasteiger partial charge in [-0.15, -0.1) is 0 Å². The first-order chi connectivity index (χ1) is 23.2. The van der Waals surface area contributed by atoms with Crippen molar-refractivity contribution in [3.8, 4) is 33.4 Å². The van der Waals surface area contributed by atoms with Crippen LogP contribution in [0, 0.1) is 0 Å². The highest BCUT2D eigenvalue weighted by molar-refractivity contribution is 6.00. The topological polar surface area (TPSA) is 3.24 Å². The van der Waals surface area contributed by atoms with E-state index in [0.29, 0.717) is 0 Å². The number of hydrogen-bond acceptors (Lipinski definition) is 1. The van der Waals surface area contributed by atoms with Crippen molar-refractivity contribution in [3.63, 3.8) is 0 Å². The first-order valence-electron chi connectivity index (χ1n) is 17.0. The van der Waals surface area contributed by atoms with Gasteiger partial charge in [-0.25, -0.2) is 0 Å². The monoisotopic (exact) mass is 619 g/mol. The fourth-order valence-corrected chi connectivity index (χ4v) is 7.78. The smallest absolute Gasteiger partial charge is 0.0546 e. The van der Waals surface area contributed by atoms with Gasteiger partial charge in [0.25, 0.3) is 0 Å². The summed E-state index contributed by atoms with van der Waals surface area (Å²) in [5, 5.41) is 2.47. The van der Waals surface area contributed by atoms with E-state index in [0.717, 1.165) is 11.4 Å². The van der Waals surface area contributed by atoms with Gasteiger partial charge in [-0.05, 0) is 97.1 Å². The summed E-state index contributed by atoms with van der Waals surface area (Å²) in [4.78, 5) is 2.47. The molecule has 234 valence electrons. The van der Waals surface area contributed by atoms with Crippen molar-refractivity contribution in [2.45, 2.75) is 45.4 Å². The van der Waals surface area contributed by atoms with Gasteiger partial charge in [-0.1, -0.05) is 156 Å². The third-order valence-electron chi connectivity index (χ3n) is 10.2. The first kappa shape index (κ1) is 30.0. The van der Waals surface area contributed by atoms with E-state index in [-0.39, 0.29) is 10.8 Å². The quantitative estimate of drug-likeness (QED) is 0.185. The molecule has 1 aliphatic carbocycles. The van der Waals surface area contributed by atoms with Gasteiger partial charge in [0.15, 0.2) is 0 Å². The molecule has 0 amide bonds. The molecule has 1 nitrogen and oxygen atoms in total. The maximum atomic E-state index is 2.47. The predicted molar refractivity (Wildman–Crippen MR) is 206 cm³/mol. The van der Waals surface area contributed by atoms with Gasteiger partial charge >= 0.3 is 0 Å². The molecule has 0 fully saturated rings. The summed E-state index contributed by atoms with van der Waals surface area (Å²) >= 11 is 0. The van der Waals surface area contributed by atoms with Crippen LogP contribution >= 0.6 is 0 Å². The molecule has 0 heterocycles. The molecule has 0 unspecified atom stereocenters. The van der Waals surface area contributed by atoms with Gasteiger partial charge in [-0.2, -0.15) is 0 Å². The normalized spacial score (nSPS) is 13.3. The highest BCUT2D eigenvalue weighted by atomic mass is 15.1. The molecule has 8 rings (SSSR count). The lowest BCUT2D eigenvalue weighted by Gasteiger charge is -2.31. The molecule has 0 radical (unpaired) electrons. The highest BCUT2D eigenvalue weighted by Crippen LogP contribution is 2.54. The molecule has 0 saturated heterocycles. The Morgan fingerprint density at radius 1 is 0.458 bits per heavy atom. The molecular formula is C47H41N. The zero-order chi connectivity index (χ0) is 33.0. The van der Waals surface area contributed by atoms with E-state index in [4.69, 9.17) is 0 Å². The lowest BCUT2D eigenvalue weighted by Crippen LogP contribution is -2.17. The molecule has 0 saturated carbocycles. The SMILES string of the molecule is CC(C)(C)c1ccccc1-c1cc2ccccc2cc1N(c1ccccc1)c1ccc2c(c1)C(C)(C)c1cccc(-c3ccccc3)c1-2. The molecular weight excluding hydrogens is 579 g/mol. The van der Waals surface area contributed by atoms with Gasteiger partial charge < -0.3 is 4.90 Å². The van der Waals surface area contributed by atoms with Crippen LogP contribution in [0.5, 0.6) is 0 Å². The van der Waals surface area contributed by atoms with Gasteiger partial charge in [0, 0.05) is 22.4 Å². The van der Waals surface area contributed by atoms with Gasteiger partial charge in [0.1, 0.15) is 0 Å². The lowest BCUT2D eigenvalue weighted by atomic mass is 9.81. The van der Waals surface area contributed by atoms with Crippen molar-refractivity contribution in [2.24, 2.45) is 0 Å². The molecule has 48 heavy (non-hydrogen) atoms. The van der Waals surface area contributed by atoms with Crippen LogP contribution < -0.4 is 4.90 Å². The summed E-state index contributed by atoms with van der Waals surface area (Å²) in [5.74, 6) is 0. The van der Waals surface area contributed by atoms with Crippen LogP contribution in [-0.4, -0.2) is 0 Å². The molecule has 1 heteroatoms. The van der Waals surface area contributed by atoms with E-state index >= 15 is 0 Å².